The Morgan fingerprint density at radius 2 is 1.78 bits per heavy atom. The molecule has 0 bridgehead atoms. The Kier molecular flexibility index (Phi) is 2.45. The smallest absolute Gasteiger partial charge is 0.221 e. The maximum Gasteiger partial charge on any atom is 0.221 e. The number of aromatic nitrogens is 1. The zero-order chi connectivity index (χ0) is 12.5. The second kappa shape index (κ2) is 4.11. The van der Waals surface area contributed by atoms with Crippen LogP contribution in [-0.2, 0) is 11.2 Å². The van der Waals surface area contributed by atoms with E-state index in [1.807, 2.05) is 42.5 Å². The number of fused-ring (bicyclic) bond motifs is 2. The van der Waals surface area contributed by atoms with Crippen LogP contribution in [0.25, 0.3) is 21.8 Å². The molecule has 88 valence electrons. The quantitative estimate of drug-likeness (QED) is 0.695. The van der Waals surface area contributed by atoms with Crippen LogP contribution in [0.5, 0.6) is 0 Å². The van der Waals surface area contributed by atoms with Crippen LogP contribution in [0, 0.1) is 0 Å². The Morgan fingerprint density at radius 3 is 2.61 bits per heavy atom. The van der Waals surface area contributed by atoms with Crippen molar-refractivity contribution in [3.05, 3.63) is 54.1 Å². The van der Waals surface area contributed by atoms with E-state index in [0.717, 1.165) is 27.4 Å². The van der Waals surface area contributed by atoms with Crippen LogP contribution >= 0.6 is 0 Å². The van der Waals surface area contributed by atoms with Crippen LogP contribution in [0.1, 0.15) is 5.56 Å². The van der Waals surface area contributed by atoms with Crippen molar-refractivity contribution >= 4 is 27.7 Å². The lowest BCUT2D eigenvalue weighted by atomic mass is 10.1. The van der Waals surface area contributed by atoms with Crippen molar-refractivity contribution < 1.29 is 4.79 Å². The molecule has 1 aromatic heterocycles. The van der Waals surface area contributed by atoms with Gasteiger partial charge in [-0.15, -0.1) is 0 Å². The summed E-state index contributed by atoms with van der Waals surface area (Å²) in [6.45, 7) is 0. The molecule has 0 atom stereocenters. The van der Waals surface area contributed by atoms with Gasteiger partial charge >= 0.3 is 0 Å². The van der Waals surface area contributed by atoms with Crippen LogP contribution in [0.15, 0.2) is 48.5 Å². The second-order valence-corrected chi connectivity index (χ2v) is 4.35. The van der Waals surface area contributed by atoms with E-state index in [2.05, 4.69) is 11.1 Å². The van der Waals surface area contributed by atoms with Gasteiger partial charge in [-0.05, 0) is 23.8 Å². The number of primary amides is 1. The first kappa shape index (κ1) is 10.7. The van der Waals surface area contributed by atoms with Gasteiger partial charge in [-0.3, -0.25) is 4.79 Å². The van der Waals surface area contributed by atoms with E-state index < -0.39 is 0 Å². The minimum atomic E-state index is -0.324. The number of amides is 1. The fraction of sp³-hybridized carbons (Fsp3) is 0.0667. The SMILES string of the molecule is NC(=O)Cc1ccc2cc3ccccc3nc2c1. The zero-order valence-electron chi connectivity index (χ0n) is 9.76. The molecule has 2 aromatic carbocycles. The number of hydrogen-bond donors (Lipinski definition) is 1. The first-order valence-corrected chi connectivity index (χ1v) is 5.79. The van der Waals surface area contributed by atoms with Gasteiger partial charge in [-0.25, -0.2) is 4.98 Å². The van der Waals surface area contributed by atoms with E-state index in [1.54, 1.807) is 0 Å². The van der Waals surface area contributed by atoms with Crippen molar-refractivity contribution in [2.24, 2.45) is 5.73 Å². The van der Waals surface area contributed by atoms with Crippen molar-refractivity contribution in [2.75, 3.05) is 0 Å². The van der Waals surface area contributed by atoms with Crippen LogP contribution in [0.4, 0.5) is 0 Å². The molecule has 3 nitrogen and oxygen atoms in total. The maximum absolute atomic E-state index is 10.9. The van der Waals surface area contributed by atoms with Crippen LogP contribution in [-0.4, -0.2) is 10.9 Å². The molecule has 0 aliphatic carbocycles. The molecule has 3 heteroatoms. The first-order valence-electron chi connectivity index (χ1n) is 5.79. The second-order valence-electron chi connectivity index (χ2n) is 4.35. The van der Waals surface area contributed by atoms with Crippen LogP contribution < -0.4 is 5.73 Å². The third-order valence-electron chi connectivity index (χ3n) is 2.96. The number of para-hydroxylation sites is 1. The number of nitrogens with zero attached hydrogens (tertiary/aromatic N) is 1. The standard InChI is InChI=1S/C15H12N2O/c16-15(18)8-10-5-6-12-9-11-3-1-2-4-13(11)17-14(12)7-10/h1-7,9H,8H2,(H2,16,18). The number of carbonyl (C=O) groups excluding carboxylic acids is 1. The summed E-state index contributed by atoms with van der Waals surface area (Å²) in [7, 11) is 0. The molecule has 2 N–H and O–H groups in total. The molecule has 0 saturated heterocycles. The highest BCUT2D eigenvalue weighted by molar-refractivity contribution is 5.93. The summed E-state index contributed by atoms with van der Waals surface area (Å²) in [5, 5.41) is 2.19. The first-order chi connectivity index (χ1) is 8.72. The van der Waals surface area contributed by atoms with Gasteiger partial charge < -0.3 is 5.73 Å². The molecule has 3 rings (SSSR count). The molecule has 3 aromatic rings. The molecule has 0 spiro atoms. The number of hydrogen-bond acceptors (Lipinski definition) is 2. The zero-order valence-corrected chi connectivity index (χ0v) is 9.76. The number of benzene rings is 2. The third kappa shape index (κ3) is 1.91. The number of carbonyl (C=O) groups is 1. The normalized spacial score (nSPS) is 10.9. The van der Waals surface area contributed by atoms with Gasteiger partial charge in [0.2, 0.25) is 5.91 Å². The number of rotatable bonds is 2. The highest BCUT2D eigenvalue weighted by atomic mass is 16.1. The highest BCUT2D eigenvalue weighted by Gasteiger charge is 2.03. The van der Waals surface area contributed by atoms with Gasteiger partial charge in [0.15, 0.2) is 0 Å². The van der Waals surface area contributed by atoms with Gasteiger partial charge in [-0.1, -0.05) is 30.3 Å². The molecular weight excluding hydrogens is 224 g/mol. The Hall–Kier alpha value is -2.42. The lowest BCUT2D eigenvalue weighted by molar-refractivity contribution is -0.117. The molecule has 0 saturated carbocycles. The molecular formula is C15H12N2O. The average molecular weight is 236 g/mol. The molecule has 0 unspecified atom stereocenters. The topological polar surface area (TPSA) is 56.0 Å². The monoisotopic (exact) mass is 236 g/mol. The lowest BCUT2D eigenvalue weighted by Gasteiger charge is -2.03. The van der Waals surface area contributed by atoms with Crippen molar-refractivity contribution in [1.29, 1.82) is 0 Å². The van der Waals surface area contributed by atoms with Crippen molar-refractivity contribution in [3.63, 3.8) is 0 Å². The summed E-state index contributed by atoms with van der Waals surface area (Å²) in [5.74, 6) is -0.324. The van der Waals surface area contributed by atoms with Gasteiger partial charge in [-0.2, -0.15) is 0 Å². The minimum Gasteiger partial charge on any atom is -0.369 e. The van der Waals surface area contributed by atoms with Gasteiger partial charge in [0.1, 0.15) is 0 Å². The van der Waals surface area contributed by atoms with E-state index >= 15 is 0 Å². The van der Waals surface area contributed by atoms with E-state index in [0.29, 0.717) is 0 Å². The third-order valence-corrected chi connectivity index (χ3v) is 2.96. The lowest BCUT2D eigenvalue weighted by Crippen LogP contribution is -2.13. The average Bonchev–Trinajstić information content (AvgIpc) is 2.35. The fourth-order valence-electron chi connectivity index (χ4n) is 2.13. The Bertz CT molecular complexity index is 750. The van der Waals surface area contributed by atoms with Crippen LogP contribution in [0.3, 0.4) is 0 Å². The van der Waals surface area contributed by atoms with Gasteiger partial charge in [0.25, 0.3) is 0 Å². The molecule has 1 amide bonds. The minimum absolute atomic E-state index is 0.254. The molecule has 0 aliphatic rings. The van der Waals surface area contributed by atoms with E-state index in [-0.39, 0.29) is 12.3 Å². The summed E-state index contributed by atoms with van der Waals surface area (Å²) < 4.78 is 0. The highest BCUT2D eigenvalue weighted by Crippen LogP contribution is 2.20. The predicted molar refractivity (Wildman–Crippen MR) is 72.1 cm³/mol. The fourth-order valence-corrected chi connectivity index (χ4v) is 2.13. The maximum atomic E-state index is 10.9. The molecule has 0 fully saturated rings. The summed E-state index contributed by atoms with van der Waals surface area (Å²) in [4.78, 5) is 15.5. The molecule has 18 heavy (non-hydrogen) atoms. The van der Waals surface area contributed by atoms with Crippen molar-refractivity contribution in [1.82, 2.24) is 4.98 Å². The van der Waals surface area contributed by atoms with Gasteiger partial charge in [0.05, 0.1) is 17.5 Å². The van der Waals surface area contributed by atoms with E-state index in [1.165, 1.54) is 0 Å². The Balaban J connectivity index is 2.20. The summed E-state index contributed by atoms with van der Waals surface area (Å²) in [6.07, 6.45) is 0.254. The van der Waals surface area contributed by atoms with Crippen LogP contribution in [0.2, 0.25) is 0 Å². The Labute approximate surface area is 104 Å². The number of pyridine rings is 1. The molecule has 0 aliphatic heterocycles. The summed E-state index contributed by atoms with van der Waals surface area (Å²) in [5.41, 5.74) is 7.96. The summed E-state index contributed by atoms with van der Waals surface area (Å²) in [6, 6.07) is 15.9. The Morgan fingerprint density at radius 1 is 1.00 bits per heavy atom. The van der Waals surface area contributed by atoms with E-state index in [9.17, 15) is 4.79 Å². The largest absolute Gasteiger partial charge is 0.369 e. The summed E-state index contributed by atoms with van der Waals surface area (Å²) >= 11 is 0. The molecule has 0 radical (unpaired) electrons. The molecule has 1 heterocycles. The van der Waals surface area contributed by atoms with E-state index in [4.69, 9.17) is 5.73 Å². The van der Waals surface area contributed by atoms with Gasteiger partial charge in [0, 0.05) is 10.8 Å². The number of nitrogens with two attached hydrogens (primary N) is 1. The van der Waals surface area contributed by atoms with Crippen molar-refractivity contribution in [2.45, 2.75) is 6.42 Å². The van der Waals surface area contributed by atoms with Crippen molar-refractivity contribution in [3.8, 4) is 0 Å². The predicted octanol–water partition coefficient (Wildman–Crippen LogP) is 2.42.